The number of benzene rings is 1. The minimum Gasteiger partial charge on any atom is -0.423 e. The zero-order chi connectivity index (χ0) is 16.2. The summed E-state index contributed by atoms with van der Waals surface area (Å²) in [6, 6.07) is 10.7. The molecule has 0 atom stereocenters. The standard InChI is InChI=1S/C16H15N5O2/c1-21(2)14-8-5-12(9-17-14)15(22)19-13-6-3-11(4-7-13)16-20-18-10-23-16/h3-10H,1-2H3,(H,19,22). The summed E-state index contributed by atoms with van der Waals surface area (Å²) in [7, 11) is 3.79. The summed E-state index contributed by atoms with van der Waals surface area (Å²) in [6.07, 6.45) is 2.83. The summed E-state index contributed by atoms with van der Waals surface area (Å²) in [5, 5.41) is 10.3. The quantitative estimate of drug-likeness (QED) is 0.797. The molecule has 1 aromatic carbocycles. The van der Waals surface area contributed by atoms with Gasteiger partial charge in [0.1, 0.15) is 5.82 Å². The molecule has 0 saturated heterocycles. The van der Waals surface area contributed by atoms with E-state index in [-0.39, 0.29) is 5.91 Å². The first kappa shape index (κ1) is 14.7. The molecule has 7 heteroatoms. The van der Waals surface area contributed by atoms with Crippen molar-refractivity contribution in [3.05, 3.63) is 54.6 Å². The number of carbonyl (C=O) groups is 1. The largest absolute Gasteiger partial charge is 0.423 e. The molecule has 0 bridgehead atoms. The van der Waals surface area contributed by atoms with Crippen LogP contribution in [-0.2, 0) is 0 Å². The van der Waals surface area contributed by atoms with Gasteiger partial charge >= 0.3 is 0 Å². The van der Waals surface area contributed by atoms with E-state index in [1.165, 1.54) is 6.39 Å². The maximum atomic E-state index is 12.2. The molecular formula is C16H15N5O2. The molecule has 2 aromatic heterocycles. The van der Waals surface area contributed by atoms with Gasteiger partial charge in [-0.2, -0.15) is 0 Å². The van der Waals surface area contributed by atoms with Crippen molar-refractivity contribution in [1.29, 1.82) is 0 Å². The number of carbonyl (C=O) groups excluding carboxylic acids is 1. The van der Waals surface area contributed by atoms with Crippen LogP contribution in [0.2, 0.25) is 0 Å². The zero-order valence-electron chi connectivity index (χ0n) is 12.7. The fourth-order valence-electron chi connectivity index (χ4n) is 1.98. The van der Waals surface area contributed by atoms with E-state index in [4.69, 9.17) is 4.42 Å². The van der Waals surface area contributed by atoms with Gasteiger partial charge in [-0.1, -0.05) is 0 Å². The molecule has 0 unspecified atom stereocenters. The highest BCUT2D eigenvalue weighted by Gasteiger charge is 2.08. The van der Waals surface area contributed by atoms with E-state index in [1.807, 2.05) is 19.0 Å². The molecule has 0 saturated carbocycles. The second-order valence-electron chi connectivity index (χ2n) is 5.07. The summed E-state index contributed by atoms with van der Waals surface area (Å²) in [5.74, 6) is 1.02. The summed E-state index contributed by atoms with van der Waals surface area (Å²) < 4.78 is 5.12. The van der Waals surface area contributed by atoms with Crippen molar-refractivity contribution < 1.29 is 9.21 Å². The minimum absolute atomic E-state index is 0.214. The van der Waals surface area contributed by atoms with Crippen LogP contribution in [0.25, 0.3) is 11.5 Å². The highest BCUT2D eigenvalue weighted by molar-refractivity contribution is 6.04. The second kappa shape index (κ2) is 6.27. The van der Waals surface area contributed by atoms with E-state index >= 15 is 0 Å². The summed E-state index contributed by atoms with van der Waals surface area (Å²) >= 11 is 0. The molecule has 3 aromatic rings. The van der Waals surface area contributed by atoms with Crippen molar-refractivity contribution in [2.45, 2.75) is 0 Å². The molecule has 7 nitrogen and oxygen atoms in total. The molecule has 2 heterocycles. The lowest BCUT2D eigenvalue weighted by molar-refractivity contribution is 0.102. The van der Waals surface area contributed by atoms with Crippen LogP contribution in [0.3, 0.4) is 0 Å². The summed E-state index contributed by atoms with van der Waals surface area (Å²) in [6.45, 7) is 0. The van der Waals surface area contributed by atoms with Crippen molar-refractivity contribution in [1.82, 2.24) is 15.2 Å². The van der Waals surface area contributed by atoms with Crippen LogP contribution >= 0.6 is 0 Å². The van der Waals surface area contributed by atoms with Crippen LogP contribution < -0.4 is 10.2 Å². The van der Waals surface area contributed by atoms with Gasteiger partial charge in [-0.15, -0.1) is 10.2 Å². The van der Waals surface area contributed by atoms with Crippen LogP contribution in [-0.4, -0.2) is 35.2 Å². The third-order valence-electron chi connectivity index (χ3n) is 3.22. The smallest absolute Gasteiger partial charge is 0.257 e. The maximum Gasteiger partial charge on any atom is 0.257 e. The fourth-order valence-corrected chi connectivity index (χ4v) is 1.98. The monoisotopic (exact) mass is 309 g/mol. The Balaban J connectivity index is 1.70. The van der Waals surface area contributed by atoms with Gasteiger partial charge < -0.3 is 14.6 Å². The predicted octanol–water partition coefficient (Wildman–Crippen LogP) is 2.45. The van der Waals surface area contributed by atoms with Crippen LogP contribution in [0, 0.1) is 0 Å². The van der Waals surface area contributed by atoms with Gasteiger partial charge in [0.2, 0.25) is 12.3 Å². The van der Waals surface area contributed by atoms with Gasteiger partial charge in [-0.25, -0.2) is 4.98 Å². The van der Waals surface area contributed by atoms with Crippen molar-refractivity contribution in [2.24, 2.45) is 0 Å². The van der Waals surface area contributed by atoms with E-state index in [0.29, 0.717) is 17.1 Å². The number of rotatable bonds is 4. The van der Waals surface area contributed by atoms with Gasteiger partial charge in [0.05, 0.1) is 5.56 Å². The molecule has 0 aliphatic heterocycles. The van der Waals surface area contributed by atoms with E-state index in [9.17, 15) is 4.79 Å². The molecule has 23 heavy (non-hydrogen) atoms. The number of hydrogen-bond acceptors (Lipinski definition) is 6. The molecule has 1 N–H and O–H groups in total. The number of pyridine rings is 1. The number of aromatic nitrogens is 3. The van der Waals surface area contributed by atoms with Crippen molar-refractivity contribution in [2.75, 3.05) is 24.3 Å². The van der Waals surface area contributed by atoms with E-state index < -0.39 is 0 Å². The van der Waals surface area contributed by atoms with Crippen molar-refractivity contribution in [3.63, 3.8) is 0 Å². The Bertz CT molecular complexity index is 780. The summed E-state index contributed by atoms with van der Waals surface area (Å²) in [4.78, 5) is 18.3. The Morgan fingerprint density at radius 2 is 1.91 bits per heavy atom. The molecule has 1 amide bonds. The van der Waals surface area contributed by atoms with Crippen LogP contribution in [0.5, 0.6) is 0 Å². The summed E-state index contributed by atoms with van der Waals surface area (Å²) in [5.41, 5.74) is 1.96. The first-order valence-electron chi connectivity index (χ1n) is 6.95. The van der Waals surface area contributed by atoms with Gasteiger partial charge in [-0.05, 0) is 36.4 Å². The Hall–Kier alpha value is -3.22. The van der Waals surface area contributed by atoms with Crippen molar-refractivity contribution >= 4 is 17.4 Å². The molecule has 0 aliphatic carbocycles. The van der Waals surface area contributed by atoms with Crippen molar-refractivity contribution in [3.8, 4) is 11.5 Å². The Kier molecular flexibility index (Phi) is 4.01. The fraction of sp³-hybridized carbons (Fsp3) is 0.125. The van der Waals surface area contributed by atoms with Gasteiger partial charge in [0.25, 0.3) is 5.91 Å². The molecule has 0 spiro atoms. The lowest BCUT2D eigenvalue weighted by Crippen LogP contribution is -2.14. The number of hydrogen-bond donors (Lipinski definition) is 1. The maximum absolute atomic E-state index is 12.2. The molecule has 0 aliphatic rings. The Morgan fingerprint density at radius 3 is 2.48 bits per heavy atom. The highest BCUT2D eigenvalue weighted by atomic mass is 16.4. The topological polar surface area (TPSA) is 84.2 Å². The van der Waals surface area contributed by atoms with E-state index in [1.54, 1.807) is 42.6 Å². The lowest BCUT2D eigenvalue weighted by Gasteiger charge is -2.11. The normalized spacial score (nSPS) is 10.3. The molecule has 0 fully saturated rings. The average Bonchev–Trinajstić information content (AvgIpc) is 3.10. The number of nitrogens with one attached hydrogen (secondary N) is 1. The first-order valence-corrected chi connectivity index (χ1v) is 6.95. The number of anilines is 2. The minimum atomic E-state index is -0.214. The number of nitrogens with zero attached hydrogens (tertiary/aromatic N) is 4. The number of amides is 1. The lowest BCUT2D eigenvalue weighted by atomic mass is 10.2. The molecule has 116 valence electrons. The molecule has 0 radical (unpaired) electrons. The van der Waals surface area contributed by atoms with Crippen LogP contribution in [0.4, 0.5) is 11.5 Å². The zero-order valence-corrected chi connectivity index (χ0v) is 12.7. The average molecular weight is 309 g/mol. The molecule has 3 rings (SSSR count). The first-order chi connectivity index (χ1) is 11.1. The van der Waals surface area contributed by atoms with E-state index in [0.717, 1.165) is 11.4 Å². The Labute approximate surface area is 133 Å². The molecular weight excluding hydrogens is 294 g/mol. The SMILES string of the molecule is CN(C)c1ccc(C(=O)Nc2ccc(-c3nnco3)cc2)cn1. The van der Waals surface area contributed by atoms with E-state index in [2.05, 4.69) is 20.5 Å². The Morgan fingerprint density at radius 1 is 1.13 bits per heavy atom. The second-order valence-corrected chi connectivity index (χ2v) is 5.07. The van der Waals surface area contributed by atoms with Gasteiger partial charge in [0.15, 0.2) is 0 Å². The van der Waals surface area contributed by atoms with Crippen LogP contribution in [0.1, 0.15) is 10.4 Å². The predicted molar refractivity (Wildman–Crippen MR) is 86.3 cm³/mol. The third kappa shape index (κ3) is 3.34. The highest BCUT2D eigenvalue weighted by Crippen LogP contribution is 2.19. The van der Waals surface area contributed by atoms with Gasteiger partial charge in [-0.3, -0.25) is 4.79 Å². The van der Waals surface area contributed by atoms with Gasteiger partial charge in [0, 0.05) is 31.5 Å². The van der Waals surface area contributed by atoms with Crippen LogP contribution in [0.15, 0.2) is 53.4 Å². The third-order valence-corrected chi connectivity index (χ3v) is 3.22.